The van der Waals surface area contributed by atoms with Crippen molar-refractivity contribution in [2.45, 2.75) is 12.8 Å². The van der Waals surface area contributed by atoms with Crippen molar-refractivity contribution in [2.75, 3.05) is 19.6 Å². The standard InChI is InChI=1S/C7H12F2N2O/c1-5-2-11(3-5)6(12)7(8,9)4-10/h5H,2-4,10H2,1H3. The van der Waals surface area contributed by atoms with E-state index < -0.39 is 18.4 Å². The normalized spacial score (nSPS) is 19.2. The Kier molecular flexibility index (Phi) is 2.32. The first-order chi connectivity index (χ1) is 5.47. The van der Waals surface area contributed by atoms with Crippen LogP contribution >= 0.6 is 0 Å². The number of nitrogens with two attached hydrogens (primary N) is 1. The predicted molar refractivity (Wildman–Crippen MR) is 39.7 cm³/mol. The van der Waals surface area contributed by atoms with Gasteiger partial charge in [0.15, 0.2) is 0 Å². The molecule has 70 valence electrons. The van der Waals surface area contributed by atoms with Gasteiger partial charge >= 0.3 is 5.92 Å². The monoisotopic (exact) mass is 178 g/mol. The van der Waals surface area contributed by atoms with Crippen molar-refractivity contribution < 1.29 is 13.6 Å². The van der Waals surface area contributed by atoms with Gasteiger partial charge in [0.05, 0.1) is 6.54 Å². The molecule has 1 saturated heterocycles. The lowest BCUT2D eigenvalue weighted by molar-refractivity contribution is -0.162. The zero-order chi connectivity index (χ0) is 9.35. The second-order valence-corrected chi connectivity index (χ2v) is 3.22. The van der Waals surface area contributed by atoms with Crippen molar-refractivity contribution in [2.24, 2.45) is 11.7 Å². The quantitative estimate of drug-likeness (QED) is 0.649. The molecular weight excluding hydrogens is 166 g/mol. The highest BCUT2D eigenvalue weighted by Crippen LogP contribution is 2.22. The number of alkyl halides is 2. The highest BCUT2D eigenvalue weighted by Gasteiger charge is 2.43. The summed E-state index contributed by atoms with van der Waals surface area (Å²) in [6.07, 6.45) is 0. The third-order valence-electron chi connectivity index (χ3n) is 1.92. The molecule has 0 saturated carbocycles. The van der Waals surface area contributed by atoms with Crippen LogP contribution in [0, 0.1) is 5.92 Å². The van der Waals surface area contributed by atoms with E-state index in [1.54, 1.807) is 0 Å². The molecule has 0 atom stereocenters. The van der Waals surface area contributed by atoms with E-state index in [0.29, 0.717) is 19.0 Å². The zero-order valence-electron chi connectivity index (χ0n) is 6.89. The maximum atomic E-state index is 12.6. The molecule has 1 aliphatic heterocycles. The minimum atomic E-state index is -3.37. The van der Waals surface area contributed by atoms with Gasteiger partial charge in [-0.25, -0.2) is 0 Å². The summed E-state index contributed by atoms with van der Waals surface area (Å²) in [5.41, 5.74) is 4.76. The number of likely N-dealkylation sites (tertiary alicyclic amines) is 1. The molecule has 3 nitrogen and oxygen atoms in total. The largest absolute Gasteiger partial charge is 0.337 e. The third-order valence-corrected chi connectivity index (χ3v) is 1.92. The number of rotatable bonds is 2. The van der Waals surface area contributed by atoms with Gasteiger partial charge in [-0.3, -0.25) is 4.79 Å². The van der Waals surface area contributed by atoms with Crippen molar-refractivity contribution in [1.29, 1.82) is 0 Å². The van der Waals surface area contributed by atoms with Crippen molar-refractivity contribution >= 4 is 5.91 Å². The number of halogens is 2. The number of amides is 1. The van der Waals surface area contributed by atoms with Crippen molar-refractivity contribution in [1.82, 2.24) is 4.90 Å². The molecule has 0 aromatic carbocycles. The molecule has 0 unspecified atom stereocenters. The van der Waals surface area contributed by atoms with Crippen LogP contribution in [0.4, 0.5) is 8.78 Å². The fourth-order valence-corrected chi connectivity index (χ4v) is 1.18. The zero-order valence-corrected chi connectivity index (χ0v) is 6.89. The summed E-state index contributed by atoms with van der Waals surface area (Å²) in [5.74, 6) is -4.18. The molecule has 0 aromatic rings. The molecule has 1 rings (SSSR count). The molecule has 0 spiro atoms. The number of carbonyl (C=O) groups is 1. The molecule has 1 heterocycles. The van der Waals surface area contributed by atoms with Gasteiger partial charge in [0.25, 0.3) is 5.91 Å². The summed E-state index contributed by atoms with van der Waals surface area (Å²) >= 11 is 0. The van der Waals surface area contributed by atoms with E-state index in [0.717, 1.165) is 4.90 Å². The summed E-state index contributed by atoms with van der Waals surface area (Å²) in [7, 11) is 0. The van der Waals surface area contributed by atoms with Crippen LogP contribution in [0.5, 0.6) is 0 Å². The molecule has 1 fully saturated rings. The Morgan fingerprint density at radius 3 is 2.50 bits per heavy atom. The summed E-state index contributed by atoms with van der Waals surface area (Å²) in [4.78, 5) is 12.1. The molecule has 0 radical (unpaired) electrons. The smallest absolute Gasteiger partial charge is 0.336 e. The lowest BCUT2D eigenvalue weighted by Gasteiger charge is -2.38. The maximum absolute atomic E-state index is 12.6. The van der Waals surface area contributed by atoms with Gasteiger partial charge in [0.1, 0.15) is 0 Å². The Morgan fingerprint density at radius 2 is 2.17 bits per heavy atom. The number of hydrogen-bond donors (Lipinski definition) is 1. The number of carbonyl (C=O) groups excluding carboxylic acids is 1. The Bertz CT molecular complexity index is 190. The van der Waals surface area contributed by atoms with Gasteiger partial charge in [0.2, 0.25) is 0 Å². The topological polar surface area (TPSA) is 46.3 Å². The summed E-state index contributed by atoms with van der Waals surface area (Å²) in [6.45, 7) is 1.85. The average molecular weight is 178 g/mol. The van der Waals surface area contributed by atoms with Crippen LogP contribution in [-0.2, 0) is 4.79 Å². The first kappa shape index (κ1) is 9.38. The Labute approximate surface area is 69.5 Å². The maximum Gasteiger partial charge on any atom is 0.336 e. The molecule has 0 aromatic heterocycles. The van der Waals surface area contributed by atoms with Gasteiger partial charge in [-0.15, -0.1) is 0 Å². The lowest BCUT2D eigenvalue weighted by Crippen LogP contribution is -2.56. The van der Waals surface area contributed by atoms with E-state index in [2.05, 4.69) is 0 Å². The Balaban J connectivity index is 2.48. The molecule has 1 amide bonds. The summed E-state index contributed by atoms with van der Waals surface area (Å²) < 4.78 is 25.3. The van der Waals surface area contributed by atoms with E-state index in [1.165, 1.54) is 0 Å². The van der Waals surface area contributed by atoms with Crippen LogP contribution in [0.25, 0.3) is 0 Å². The van der Waals surface area contributed by atoms with Gasteiger partial charge in [0, 0.05) is 13.1 Å². The van der Waals surface area contributed by atoms with Crippen LogP contribution in [0.3, 0.4) is 0 Å². The fraction of sp³-hybridized carbons (Fsp3) is 0.857. The SMILES string of the molecule is CC1CN(C(=O)C(F)(F)CN)C1. The van der Waals surface area contributed by atoms with E-state index in [4.69, 9.17) is 5.73 Å². The van der Waals surface area contributed by atoms with Crippen LogP contribution in [0.2, 0.25) is 0 Å². The Morgan fingerprint density at radius 1 is 1.67 bits per heavy atom. The second-order valence-electron chi connectivity index (χ2n) is 3.22. The van der Waals surface area contributed by atoms with E-state index in [-0.39, 0.29) is 0 Å². The van der Waals surface area contributed by atoms with E-state index >= 15 is 0 Å². The molecule has 2 N–H and O–H groups in total. The molecular formula is C7H12F2N2O. The first-order valence-electron chi connectivity index (χ1n) is 3.84. The second kappa shape index (κ2) is 2.97. The van der Waals surface area contributed by atoms with Gasteiger partial charge in [-0.2, -0.15) is 8.78 Å². The fourth-order valence-electron chi connectivity index (χ4n) is 1.18. The van der Waals surface area contributed by atoms with Crippen molar-refractivity contribution in [3.8, 4) is 0 Å². The first-order valence-corrected chi connectivity index (χ1v) is 3.84. The minimum Gasteiger partial charge on any atom is -0.337 e. The Hall–Kier alpha value is -0.710. The van der Waals surface area contributed by atoms with Gasteiger partial charge in [-0.05, 0) is 5.92 Å². The highest BCUT2D eigenvalue weighted by atomic mass is 19.3. The van der Waals surface area contributed by atoms with Crippen LogP contribution in [0.15, 0.2) is 0 Å². The van der Waals surface area contributed by atoms with Crippen LogP contribution < -0.4 is 5.73 Å². The molecule has 12 heavy (non-hydrogen) atoms. The van der Waals surface area contributed by atoms with Crippen LogP contribution in [0.1, 0.15) is 6.92 Å². The molecule has 1 aliphatic rings. The van der Waals surface area contributed by atoms with Gasteiger partial charge in [-0.1, -0.05) is 6.92 Å². The predicted octanol–water partition coefficient (Wildman–Crippen LogP) is 0.0587. The van der Waals surface area contributed by atoms with Gasteiger partial charge < -0.3 is 10.6 Å². The molecule has 5 heteroatoms. The van der Waals surface area contributed by atoms with Crippen molar-refractivity contribution in [3.05, 3.63) is 0 Å². The highest BCUT2D eigenvalue weighted by molar-refractivity contribution is 5.84. The third kappa shape index (κ3) is 1.55. The van der Waals surface area contributed by atoms with E-state index in [1.807, 2.05) is 6.92 Å². The summed E-state index contributed by atoms with van der Waals surface area (Å²) in [6, 6.07) is 0. The lowest BCUT2D eigenvalue weighted by atomic mass is 10.0. The number of hydrogen-bond acceptors (Lipinski definition) is 2. The average Bonchev–Trinajstić information content (AvgIpc) is 1.97. The molecule has 0 aliphatic carbocycles. The van der Waals surface area contributed by atoms with E-state index in [9.17, 15) is 13.6 Å². The number of nitrogens with zero attached hydrogens (tertiary/aromatic N) is 1. The molecule has 0 bridgehead atoms. The summed E-state index contributed by atoms with van der Waals surface area (Å²) in [5, 5.41) is 0. The van der Waals surface area contributed by atoms with Crippen LogP contribution in [-0.4, -0.2) is 36.4 Å². The minimum absolute atomic E-state index is 0.336. The van der Waals surface area contributed by atoms with Crippen molar-refractivity contribution in [3.63, 3.8) is 0 Å².